The molecule has 0 unspecified atom stereocenters. The van der Waals surface area contributed by atoms with E-state index < -0.39 is 0 Å². The minimum Gasteiger partial charge on any atom is -0.385 e. The Balaban J connectivity index is 1.57. The first-order chi connectivity index (χ1) is 15.1. The van der Waals surface area contributed by atoms with Crippen molar-refractivity contribution in [3.63, 3.8) is 0 Å². The molecule has 2 atom stereocenters. The Morgan fingerprint density at radius 3 is 2.55 bits per heavy atom. The average Bonchev–Trinajstić information content (AvgIpc) is 3.27. The lowest BCUT2D eigenvalue weighted by Crippen LogP contribution is -2.31. The second-order valence-electron chi connectivity index (χ2n) is 8.04. The van der Waals surface area contributed by atoms with E-state index in [1.165, 1.54) is 17.0 Å². The van der Waals surface area contributed by atoms with Crippen molar-refractivity contribution in [1.29, 1.82) is 0 Å². The number of hydrogen-bond acceptors (Lipinski definition) is 3. The summed E-state index contributed by atoms with van der Waals surface area (Å²) >= 11 is 5.81. The zero-order valence-electron chi connectivity index (χ0n) is 18.5. The third-order valence-electron chi connectivity index (χ3n) is 6.12. The van der Waals surface area contributed by atoms with Crippen LogP contribution in [0.1, 0.15) is 48.1 Å². The number of thiocarbonyl (C=S) groups is 1. The molecule has 1 fully saturated rings. The Hall–Kier alpha value is -2.86. The highest BCUT2D eigenvalue weighted by molar-refractivity contribution is 7.80. The van der Waals surface area contributed by atoms with E-state index in [0.29, 0.717) is 0 Å². The van der Waals surface area contributed by atoms with Crippen molar-refractivity contribution in [2.75, 3.05) is 18.4 Å². The van der Waals surface area contributed by atoms with Crippen molar-refractivity contribution in [3.05, 3.63) is 83.4 Å². The maximum absolute atomic E-state index is 5.81. The average molecular weight is 434 g/mol. The Morgan fingerprint density at radius 1 is 1.10 bits per heavy atom. The van der Waals surface area contributed by atoms with Gasteiger partial charge in [0.2, 0.25) is 0 Å². The van der Waals surface area contributed by atoms with Crippen molar-refractivity contribution in [1.82, 2.24) is 19.8 Å². The molecular weight excluding hydrogens is 402 g/mol. The molecule has 0 amide bonds. The predicted molar refractivity (Wildman–Crippen MR) is 131 cm³/mol. The van der Waals surface area contributed by atoms with Gasteiger partial charge >= 0.3 is 0 Å². The monoisotopic (exact) mass is 433 g/mol. The fraction of sp³-hybridized carbons (Fsp3) is 0.360. The standard InChI is InChI=1S/C25H31N5S/c1-4-29-18(2)17-21(19(29)3)24-23(22-13-8-9-14-27-22)28-25(31)30(24)16-10-15-26-20-11-6-5-7-12-20/h5-9,11-14,17,23-24,26H,4,10,15-16H2,1-3H3,(H,28,31)/t23-,24+/m1/s1. The largest absolute Gasteiger partial charge is 0.385 e. The molecule has 1 aromatic carbocycles. The van der Waals surface area contributed by atoms with Gasteiger partial charge < -0.3 is 20.1 Å². The number of nitrogens with one attached hydrogen (secondary N) is 2. The molecule has 1 saturated heterocycles. The molecule has 1 aliphatic heterocycles. The lowest BCUT2D eigenvalue weighted by Gasteiger charge is -2.28. The van der Waals surface area contributed by atoms with E-state index in [-0.39, 0.29) is 12.1 Å². The van der Waals surface area contributed by atoms with Crippen LogP contribution >= 0.6 is 12.2 Å². The first-order valence-corrected chi connectivity index (χ1v) is 11.4. The van der Waals surface area contributed by atoms with Gasteiger partial charge in [-0.3, -0.25) is 4.98 Å². The summed E-state index contributed by atoms with van der Waals surface area (Å²) in [4.78, 5) is 7.00. The van der Waals surface area contributed by atoms with Gasteiger partial charge in [-0.05, 0) is 75.3 Å². The molecule has 3 aromatic rings. The van der Waals surface area contributed by atoms with Crippen LogP contribution in [0.3, 0.4) is 0 Å². The fourth-order valence-corrected chi connectivity index (χ4v) is 4.97. The third kappa shape index (κ3) is 4.44. The number of para-hydroxylation sites is 1. The summed E-state index contributed by atoms with van der Waals surface area (Å²) in [5.41, 5.74) is 6.11. The highest BCUT2D eigenvalue weighted by Gasteiger charge is 2.40. The smallest absolute Gasteiger partial charge is 0.170 e. The van der Waals surface area contributed by atoms with Crippen LogP contribution in [0.5, 0.6) is 0 Å². The molecule has 162 valence electrons. The van der Waals surface area contributed by atoms with Crippen molar-refractivity contribution >= 4 is 23.0 Å². The Kier molecular flexibility index (Phi) is 6.56. The number of hydrogen-bond donors (Lipinski definition) is 2. The molecule has 5 nitrogen and oxygen atoms in total. The van der Waals surface area contributed by atoms with Crippen LogP contribution in [0, 0.1) is 13.8 Å². The Bertz CT molecular complexity index is 1020. The molecule has 0 bridgehead atoms. The molecular formula is C25H31N5S. The van der Waals surface area contributed by atoms with E-state index in [1.54, 1.807) is 0 Å². The number of pyridine rings is 1. The zero-order valence-corrected chi connectivity index (χ0v) is 19.3. The van der Waals surface area contributed by atoms with E-state index >= 15 is 0 Å². The highest BCUT2D eigenvalue weighted by Crippen LogP contribution is 2.40. The summed E-state index contributed by atoms with van der Waals surface area (Å²) in [5, 5.41) is 7.88. The van der Waals surface area contributed by atoms with E-state index in [1.807, 2.05) is 24.4 Å². The molecule has 0 saturated carbocycles. The molecule has 0 radical (unpaired) electrons. The van der Waals surface area contributed by atoms with Crippen LogP contribution in [-0.4, -0.2) is 32.7 Å². The SMILES string of the molecule is CCn1c(C)cc([C@H]2[C@@H](c3ccccn3)NC(=S)N2CCCNc2ccccc2)c1C. The van der Waals surface area contributed by atoms with Crippen molar-refractivity contribution in [2.45, 2.75) is 45.8 Å². The van der Waals surface area contributed by atoms with Gasteiger partial charge in [-0.25, -0.2) is 0 Å². The van der Waals surface area contributed by atoms with Crippen molar-refractivity contribution in [3.8, 4) is 0 Å². The number of nitrogens with zero attached hydrogens (tertiary/aromatic N) is 3. The minimum absolute atomic E-state index is 0.0431. The van der Waals surface area contributed by atoms with Crippen molar-refractivity contribution in [2.24, 2.45) is 0 Å². The summed E-state index contributed by atoms with van der Waals surface area (Å²) in [6.07, 6.45) is 2.85. The normalized spacial score (nSPS) is 18.3. The number of aromatic nitrogens is 2. The van der Waals surface area contributed by atoms with Gasteiger partial charge in [0, 0.05) is 42.9 Å². The quantitative estimate of drug-likeness (QED) is 0.387. The maximum atomic E-state index is 5.81. The molecule has 31 heavy (non-hydrogen) atoms. The third-order valence-corrected chi connectivity index (χ3v) is 6.48. The summed E-state index contributed by atoms with van der Waals surface area (Å²) in [6.45, 7) is 9.36. The lowest BCUT2D eigenvalue weighted by molar-refractivity contribution is 0.315. The van der Waals surface area contributed by atoms with E-state index in [0.717, 1.165) is 42.5 Å². The number of rotatable bonds is 8. The minimum atomic E-state index is 0.0431. The van der Waals surface area contributed by atoms with Crippen LogP contribution in [0.15, 0.2) is 60.8 Å². The van der Waals surface area contributed by atoms with Gasteiger partial charge in [-0.1, -0.05) is 24.3 Å². The summed E-state index contributed by atoms with van der Waals surface area (Å²) in [7, 11) is 0. The summed E-state index contributed by atoms with van der Waals surface area (Å²) in [5.74, 6) is 0. The van der Waals surface area contributed by atoms with Gasteiger partial charge in [0.15, 0.2) is 5.11 Å². The first kappa shape index (κ1) is 21.4. The molecule has 0 spiro atoms. The first-order valence-electron chi connectivity index (χ1n) is 11.0. The fourth-order valence-electron chi connectivity index (χ4n) is 4.64. The molecule has 6 heteroatoms. The molecule has 0 aliphatic carbocycles. The summed E-state index contributed by atoms with van der Waals surface area (Å²) in [6, 6.07) is 18.9. The topological polar surface area (TPSA) is 45.1 Å². The number of aryl methyl sites for hydroxylation is 1. The second kappa shape index (κ2) is 9.52. The van der Waals surface area contributed by atoms with Gasteiger partial charge in [0.25, 0.3) is 0 Å². The lowest BCUT2D eigenvalue weighted by atomic mass is 9.96. The molecule has 2 N–H and O–H groups in total. The van der Waals surface area contributed by atoms with Crippen LogP contribution in [0.4, 0.5) is 5.69 Å². The van der Waals surface area contributed by atoms with Gasteiger partial charge in [-0.2, -0.15) is 0 Å². The highest BCUT2D eigenvalue weighted by atomic mass is 32.1. The molecule has 4 rings (SSSR count). The Morgan fingerprint density at radius 2 is 1.87 bits per heavy atom. The van der Waals surface area contributed by atoms with E-state index in [9.17, 15) is 0 Å². The van der Waals surface area contributed by atoms with Gasteiger partial charge in [-0.15, -0.1) is 0 Å². The predicted octanol–water partition coefficient (Wildman–Crippen LogP) is 4.99. The van der Waals surface area contributed by atoms with Crippen LogP contribution < -0.4 is 10.6 Å². The van der Waals surface area contributed by atoms with Gasteiger partial charge in [0.05, 0.1) is 17.8 Å². The second-order valence-corrected chi connectivity index (χ2v) is 8.42. The number of anilines is 1. The molecule has 1 aliphatic rings. The van der Waals surface area contributed by atoms with E-state index in [4.69, 9.17) is 12.2 Å². The number of benzene rings is 1. The zero-order chi connectivity index (χ0) is 21.8. The summed E-state index contributed by atoms with van der Waals surface area (Å²) < 4.78 is 2.38. The van der Waals surface area contributed by atoms with Crippen molar-refractivity contribution < 1.29 is 0 Å². The molecule has 3 heterocycles. The van der Waals surface area contributed by atoms with Crippen LogP contribution in [0.25, 0.3) is 0 Å². The van der Waals surface area contributed by atoms with Crippen LogP contribution in [0.2, 0.25) is 0 Å². The van der Waals surface area contributed by atoms with Crippen LogP contribution in [-0.2, 0) is 6.54 Å². The molecule has 2 aromatic heterocycles. The van der Waals surface area contributed by atoms with E-state index in [2.05, 4.69) is 82.3 Å². The Labute approximate surface area is 190 Å². The van der Waals surface area contributed by atoms with Gasteiger partial charge in [0.1, 0.15) is 0 Å². The maximum Gasteiger partial charge on any atom is 0.170 e.